The Morgan fingerprint density at radius 3 is 2.79 bits per heavy atom. The van der Waals surface area contributed by atoms with Crippen LogP contribution in [0.3, 0.4) is 0 Å². The number of rotatable bonds is 4. The first-order valence-corrected chi connectivity index (χ1v) is 8.47. The van der Waals surface area contributed by atoms with Crippen LogP contribution in [-0.2, 0) is 11.8 Å². The Hall–Kier alpha value is -2.43. The zero-order valence-corrected chi connectivity index (χ0v) is 14.2. The Kier molecular flexibility index (Phi) is 4.79. The molecule has 5 heteroatoms. The minimum atomic E-state index is -0.0343. The number of anilines is 1. The highest BCUT2D eigenvalue weighted by Gasteiger charge is 2.24. The number of carbonyl (C=O) groups is 2. The average Bonchev–Trinajstić information content (AvgIpc) is 2.95. The van der Waals surface area contributed by atoms with Crippen molar-refractivity contribution in [3.8, 4) is 0 Å². The number of hydrogen-bond acceptors (Lipinski definition) is 3. The summed E-state index contributed by atoms with van der Waals surface area (Å²) in [4.78, 5) is 26.8. The number of fused-ring (bicyclic) bond motifs is 1. The summed E-state index contributed by atoms with van der Waals surface area (Å²) in [6.45, 7) is 2.93. The number of carbonyl (C=O) groups excluding carboxylic acids is 2. The van der Waals surface area contributed by atoms with Crippen LogP contribution in [0.2, 0.25) is 0 Å². The fraction of sp³-hybridized carbons (Fsp3) is 0.421. The molecule has 1 atom stereocenters. The second-order valence-corrected chi connectivity index (χ2v) is 6.47. The van der Waals surface area contributed by atoms with E-state index in [1.165, 1.54) is 5.56 Å². The quantitative estimate of drug-likeness (QED) is 0.810. The van der Waals surface area contributed by atoms with Crippen LogP contribution in [0.4, 0.5) is 5.69 Å². The van der Waals surface area contributed by atoms with Crippen LogP contribution in [0.25, 0.3) is 0 Å². The highest BCUT2D eigenvalue weighted by molar-refractivity contribution is 6.00. The lowest BCUT2D eigenvalue weighted by molar-refractivity contribution is -0.118. The minimum Gasteiger partial charge on any atom is -0.312 e. The van der Waals surface area contributed by atoms with E-state index in [0.29, 0.717) is 11.5 Å². The van der Waals surface area contributed by atoms with Crippen molar-refractivity contribution in [3.05, 3.63) is 47.8 Å². The van der Waals surface area contributed by atoms with Gasteiger partial charge in [0.25, 0.3) is 0 Å². The number of ketones is 1. The number of para-hydroxylation sites is 1. The number of aromatic nitrogens is 2. The molecular weight excluding hydrogens is 302 g/mol. The first-order chi connectivity index (χ1) is 11.6. The molecule has 0 radical (unpaired) electrons. The Labute approximate surface area is 142 Å². The summed E-state index contributed by atoms with van der Waals surface area (Å²) in [5.41, 5.74) is 2.79. The van der Waals surface area contributed by atoms with E-state index in [1.807, 2.05) is 23.1 Å². The fourth-order valence-corrected chi connectivity index (χ4v) is 3.31. The molecule has 0 fully saturated rings. The van der Waals surface area contributed by atoms with Crippen LogP contribution in [0.5, 0.6) is 0 Å². The van der Waals surface area contributed by atoms with E-state index in [9.17, 15) is 9.59 Å². The number of Topliss-reactive ketones (excluding diaryl/α,β-unsaturated/α-hetero) is 1. The van der Waals surface area contributed by atoms with E-state index in [1.54, 1.807) is 24.1 Å². The molecule has 0 bridgehead atoms. The van der Waals surface area contributed by atoms with Gasteiger partial charge in [0.1, 0.15) is 0 Å². The van der Waals surface area contributed by atoms with E-state index in [4.69, 9.17) is 0 Å². The number of benzene rings is 1. The first-order valence-electron chi connectivity index (χ1n) is 8.47. The lowest BCUT2D eigenvalue weighted by atomic mass is 9.96. The second-order valence-electron chi connectivity index (χ2n) is 6.47. The Bertz CT molecular complexity index is 751. The zero-order valence-electron chi connectivity index (χ0n) is 14.2. The van der Waals surface area contributed by atoms with Gasteiger partial charge in [-0.15, -0.1) is 0 Å². The molecule has 2 heterocycles. The third kappa shape index (κ3) is 3.40. The highest BCUT2D eigenvalue weighted by atomic mass is 16.2. The lowest BCUT2D eigenvalue weighted by Gasteiger charge is -2.23. The predicted octanol–water partition coefficient (Wildman–Crippen LogP) is 3.31. The summed E-state index contributed by atoms with van der Waals surface area (Å²) >= 11 is 0. The molecule has 1 aromatic heterocycles. The van der Waals surface area contributed by atoms with Crippen LogP contribution in [-0.4, -0.2) is 28.0 Å². The molecule has 0 saturated heterocycles. The number of hydrogen-bond donors (Lipinski definition) is 0. The molecular formula is C19H23N3O2. The minimum absolute atomic E-state index is 0.0220. The number of nitrogens with zero attached hydrogens (tertiary/aromatic N) is 3. The van der Waals surface area contributed by atoms with Gasteiger partial charge in [-0.25, -0.2) is 0 Å². The number of aryl methyl sites for hydroxylation is 1. The molecule has 0 spiro atoms. The van der Waals surface area contributed by atoms with Gasteiger partial charge in [-0.1, -0.05) is 25.1 Å². The van der Waals surface area contributed by atoms with E-state index >= 15 is 0 Å². The van der Waals surface area contributed by atoms with Crippen LogP contribution in [0.1, 0.15) is 54.4 Å². The highest BCUT2D eigenvalue weighted by Crippen LogP contribution is 2.34. The number of amides is 1. The van der Waals surface area contributed by atoms with Crippen molar-refractivity contribution in [2.75, 3.05) is 11.4 Å². The summed E-state index contributed by atoms with van der Waals surface area (Å²) in [5.74, 6) is 0.442. The normalized spacial score (nSPS) is 17.2. The van der Waals surface area contributed by atoms with Gasteiger partial charge in [-0.3, -0.25) is 14.3 Å². The summed E-state index contributed by atoms with van der Waals surface area (Å²) in [5, 5.41) is 4.01. The molecule has 2 aromatic rings. The van der Waals surface area contributed by atoms with Gasteiger partial charge in [-0.2, -0.15) is 5.10 Å². The standard InChI is InChI=1S/C19H23N3O2/c1-14-6-5-11-22(17-8-4-3-7-16(14)17)19(24)10-9-18(23)15-12-20-21(2)13-15/h3-4,7-8,12-14H,5-6,9-11H2,1-2H3/t14-/m0/s1. The fourth-order valence-electron chi connectivity index (χ4n) is 3.31. The smallest absolute Gasteiger partial charge is 0.227 e. The maximum Gasteiger partial charge on any atom is 0.227 e. The van der Waals surface area contributed by atoms with Crippen molar-refractivity contribution in [1.82, 2.24) is 9.78 Å². The van der Waals surface area contributed by atoms with Gasteiger partial charge in [-0.05, 0) is 30.4 Å². The summed E-state index contributed by atoms with van der Waals surface area (Å²) < 4.78 is 1.60. The van der Waals surface area contributed by atoms with Crippen LogP contribution in [0, 0.1) is 0 Å². The molecule has 3 rings (SSSR count). The molecule has 1 aliphatic heterocycles. The summed E-state index contributed by atoms with van der Waals surface area (Å²) in [6.07, 6.45) is 5.76. The zero-order chi connectivity index (χ0) is 17.1. The molecule has 1 aliphatic rings. The molecule has 0 aliphatic carbocycles. The van der Waals surface area contributed by atoms with E-state index in [-0.39, 0.29) is 24.5 Å². The molecule has 0 N–H and O–H groups in total. The average molecular weight is 325 g/mol. The van der Waals surface area contributed by atoms with Gasteiger partial charge in [0.05, 0.1) is 11.8 Å². The Morgan fingerprint density at radius 2 is 2.04 bits per heavy atom. The molecule has 0 saturated carbocycles. The topological polar surface area (TPSA) is 55.2 Å². The lowest BCUT2D eigenvalue weighted by Crippen LogP contribution is -2.32. The Balaban J connectivity index is 1.70. The predicted molar refractivity (Wildman–Crippen MR) is 93.2 cm³/mol. The van der Waals surface area contributed by atoms with Gasteiger partial charge in [0, 0.05) is 38.3 Å². The third-order valence-corrected chi connectivity index (χ3v) is 4.67. The summed E-state index contributed by atoms with van der Waals surface area (Å²) in [7, 11) is 1.78. The van der Waals surface area contributed by atoms with E-state index in [2.05, 4.69) is 18.1 Å². The van der Waals surface area contributed by atoms with Crippen LogP contribution < -0.4 is 4.90 Å². The van der Waals surface area contributed by atoms with E-state index in [0.717, 1.165) is 25.1 Å². The monoisotopic (exact) mass is 325 g/mol. The SMILES string of the molecule is C[C@H]1CCCN(C(=O)CCC(=O)c2cnn(C)c2)c2ccccc21. The van der Waals surface area contributed by atoms with Crippen LogP contribution in [0.15, 0.2) is 36.7 Å². The van der Waals surface area contributed by atoms with Gasteiger partial charge in [0.15, 0.2) is 5.78 Å². The van der Waals surface area contributed by atoms with Crippen molar-refractivity contribution in [1.29, 1.82) is 0 Å². The van der Waals surface area contributed by atoms with Crippen molar-refractivity contribution in [3.63, 3.8) is 0 Å². The van der Waals surface area contributed by atoms with Crippen molar-refractivity contribution < 1.29 is 9.59 Å². The molecule has 5 nitrogen and oxygen atoms in total. The van der Waals surface area contributed by atoms with Gasteiger partial charge in [0.2, 0.25) is 5.91 Å². The molecule has 1 aromatic carbocycles. The van der Waals surface area contributed by atoms with Gasteiger partial charge >= 0.3 is 0 Å². The third-order valence-electron chi connectivity index (χ3n) is 4.67. The molecule has 126 valence electrons. The molecule has 24 heavy (non-hydrogen) atoms. The summed E-state index contributed by atoms with van der Waals surface area (Å²) in [6, 6.07) is 8.11. The first kappa shape index (κ1) is 16.4. The van der Waals surface area contributed by atoms with Crippen molar-refractivity contribution in [2.24, 2.45) is 7.05 Å². The Morgan fingerprint density at radius 1 is 1.25 bits per heavy atom. The van der Waals surface area contributed by atoms with Crippen molar-refractivity contribution in [2.45, 2.75) is 38.5 Å². The van der Waals surface area contributed by atoms with Crippen LogP contribution >= 0.6 is 0 Å². The van der Waals surface area contributed by atoms with Gasteiger partial charge < -0.3 is 4.90 Å². The van der Waals surface area contributed by atoms with Crippen molar-refractivity contribution >= 4 is 17.4 Å². The van der Waals surface area contributed by atoms with E-state index < -0.39 is 0 Å². The maximum atomic E-state index is 12.7. The maximum absolute atomic E-state index is 12.7. The molecule has 1 amide bonds. The largest absolute Gasteiger partial charge is 0.312 e. The molecule has 0 unspecified atom stereocenters. The second kappa shape index (κ2) is 6.99.